The number of hydrogen-bond acceptors (Lipinski definition) is 5. The van der Waals surface area contributed by atoms with Gasteiger partial charge in [-0.2, -0.15) is 0 Å². The van der Waals surface area contributed by atoms with Crippen LogP contribution in [-0.2, 0) is 9.59 Å². The summed E-state index contributed by atoms with van der Waals surface area (Å²) >= 11 is 0. The van der Waals surface area contributed by atoms with Gasteiger partial charge in [0.1, 0.15) is 11.8 Å². The summed E-state index contributed by atoms with van der Waals surface area (Å²) in [4.78, 5) is 37.4. The molecule has 0 saturated carbocycles. The van der Waals surface area contributed by atoms with Crippen molar-refractivity contribution in [1.82, 2.24) is 0 Å². The van der Waals surface area contributed by atoms with Gasteiger partial charge in [-0.15, -0.1) is 0 Å². The van der Waals surface area contributed by atoms with E-state index in [1.807, 2.05) is 0 Å². The number of ether oxygens (including phenoxy) is 1. The minimum Gasteiger partial charge on any atom is -0.497 e. The summed E-state index contributed by atoms with van der Waals surface area (Å²) in [6, 6.07) is 10.6. The first-order valence-electron chi connectivity index (χ1n) is 8.02. The number of anilines is 2. The van der Waals surface area contributed by atoms with E-state index in [2.05, 4.69) is 5.32 Å². The van der Waals surface area contributed by atoms with Gasteiger partial charge in [-0.1, -0.05) is 12.1 Å². The van der Waals surface area contributed by atoms with Gasteiger partial charge < -0.3 is 15.2 Å². The van der Waals surface area contributed by atoms with Crippen LogP contribution in [0.15, 0.2) is 42.5 Å². The van der Waals surface area contributed by atoms with Crippen LogP contribution in [0.25, 0.3) is 0 Å². The highest BCUT2D eigenvalue weighted by molar-refractivity contribution is 6.23. The number of methoxy groups -OCH3 is 1. The molecule has 2 aromatic rings. The van der Waals surface area contributed by atoms with Gasteiger partial charge in [0.15, 0.2) is 0 Å². The highest BCUT2D eigenvalue weighted by atomic mass is 16.5. The second-order valence-electron chi connectivity index (χ2n) is 6.00. The lowest BCUT2D eigenvalue weighted by Gasteiger charge is -2.17. The minimum absolute atomic E-state index is 0.00716. The third kappa shape index (κ3) is 3.23. The first kappa shape index (κ1) is 17.5. The van der Waals surface area contributed by atoms with Crippen molar-refractivity contribution >= 4 is 29.2 Å². The van der Waals surface area contributed by atoms with Crippen LogP contribution in [-0.4, -0.2) is 36.0 Å². The van der Waals surface area contributed by atoms with Crippen LogP contribution in [0, 0.1) is 6.92 Å². The fourth-order valence-corrected chi connectivity index (χ4v) is 2.86. The number of hydrogen-bond donors (Lipinski definition) is 2. The third-order valence-corrected chi connectivity index (χ3v) is 4.27. The molecular weight excluding hydrogens is 336 g/mol. The molecule has 1 saturated heterocycles. The quantitative estimate of drug-likeness (QED) is 0.801. The summed E-state index contributed by atoms with van der Waals surface area (Å²) in [5.74, 6) is -1.22. The molecule has 2 aromatic carbocycles. The zero-order chi connectivity index (χ0) is 18.8. The fraction of sp³-hybridized carbons (Fsp3) is 0.211. The Kier molecular flexibility index (Phi) is 4.62. The van der Waals surface area contributed by atoms with Gasteiger partial charge in [0.25, 0.3) is 5.91 Å². The second kappa shape index (κ2) is 6.87. The van der Waals surface area contributed by atoms with E-state index in [1.165, 1.54) is 19.2 Å². The van der Waals surface area contributed by atoms with Gasteiger partial charge in [0.2, 0.25) is 5.91 Å². The maximum atomic E-state index is 12.7. The molecule has 0 radical (unpaired) electrons. The Morgan fingerprint density at radius 3 is 2.69 bits per heavy atom. The van der Waals surface area contributed by atoms with Gasteiger partial charge in [-0.25, -0.2) is 9.69 Å². The van der Waals surface area contributed by atoms with Crippen LogP contribution in [0.1, 0.15) is 22.3 Å². The van der Waals surface area contributed by atoms with E-state index >= 15 is 0 Å². The largest absolute Gasteiger partial charge is 0.497 e. The van der Waals surface area contributed by atoms with E-state index < -0.39 is 12.0 Å². The van der Waals surface area contributed by atoms with Crippen molar-refractivity contribution in [2.24, 2.45) is 0 Å². The number of carbonyl (C=O) groups excluding carboxylic acids is 2. The van der Waals surface area contributed by atoms with E-state index in [4.69, 9.17) is 9.84 Å². The molecule has 0 spiro atoms. The Bertz CT molecular complexity index is 893. The Hall–Kier alpha value is -3.35. The number of imide groups is 1. The predicted octanol–water partition coefficient (Wildman–Crippen LogP) is 2.45. The summed E-state index contributed by atoms with van der Waals surface area (Å²) in [5.41, 5.74) is 1.86. The first-order valence-corrected chi connectivity index (χ1v) is 8.02. The predicted molar refractivity (Wildman–Crippen MR) is 95.7 cm³/mol. The molecule has 0 bridgehead atoms. The summed E-state index contributed by atoms with van der Waals surface area (Å²) < 4.78 is 5.14. The number of rotatable bonds is 5. The molecule has 1 atom stereocenters. The normalized spacial score (nSPS) is 16.7. The van der Waals surface area contributed by atoms with Crippen molar-refractivity contribution in [3.8, 4) is 5.75 Å². The van der Waals surface area contributed by atoms with Crippen LogP contribution >= 0.6 is 0 Å². The number of nitrogens with one attached hydrogen (secondary N) is 1. The van der Waals surface area contributed by atoms with Crippen LogP contribution in [0.3, 0.4) is 0 Å². The van der Waals surface area contributed by atoms with Crippen molar-refractivity contribution in [2.75, 3.05) is 17.3 Å². The monoisotopic (exact) mass is 354 g/mol. The smallest absolute Gasteiger partial charge is 0.335 e. The van der Waals surface area contributed by atoms with E-state index in [0.717, 1.165) is 10.5 Å². The van der Waals surface area contributed by atoms with E-state index in [9.17, 15) is 14.4 Å². The van der Waals surface area contributed by atoms with Crippen LogP contribution in [0.2, 0.25) is 0 Å². The summed E-state index contributed by atoms with van der Waals surface area (Å²) in [6.45, 7) is 1.80. The van der Waals surface area contributed by atoms with Crippen LogP contribution in [0.4, 0.5) is 11.4 Å². The van der Waals surface area contributed by atoms with Crippen molar-refractivity contribution in [2.45, 2.75) is 19.4 Å². The second-order valence-corrected chi connectivity index (χ2v) is 6.00. The topological polar surface area (TPSA) is 95.9 Å². The van der Waals surface area contributed by atoms with E-state index in [1.54, 1.807) is 37.3 Å². The number of aryl methyl sites for hydroxylation is 1. The average molecular weight is 354 g/mol. The van der Waals surface area contributed by atoms with E-state index in [0.29, 0.717) is 17.1 Å². The lowest BCUT2D eigenvalue weighted by molar-refractivity contribution is -0.121. The number of amides is 2. The highest BCUT2D eigenvalue weighted by Crippen LogP contribution is 2.28. The molecule has 0 aromatic heterocycles. The highest BCUT2D eigenvalue weighted by Gasteiger charge is 2.39. The Labute approximate surface area is 150 Å². The van der Waals surface area contributed by atoms with Crippen molar-refractivity contribution in [3.63, 3.8) is 0 Å². The SMILES string of the molecule is COc1cccc(N2C(=O)C[C@@H](Nc3cc(C(=O)O)ccc3C)C2=O)c1. The van der Waals surface area contributed by atoms with E-state index in [-0.39, 0.29) is 23.8 Å². The molecule has 1 fully saturated rings. The summed E-state index contributed by atoms with van der Waals surface area (Å²) in [5, 5.41) is 12.1. The number of carboxylic acids is 1. The van der Waals surface area contributed by atoms with Gasteiger partial charge in [0, 0.05) is 11.8 Å². The number of carbonyl (C=O) groups is 3. The van der Waals surface area contributed by atoms with Gasteiger partial charge in [0.05, 0.1) is 24.8 Å². The minimum atomic E-state index is -1.06. The van der Waals surface area contributed by atoms with Crippen LogP contribution in [0.5, 0.6) is 5.75 Å². The van der Waals surface area contributed by atoms with Gasteiger partial charge in [-0.3, -0.25) is 9.59 Å². The summed E-state index contributed by atoms with van der Waals surface area (Å²) in [7, 11) is 1.51. The first-order chi connectivity index (χ1) is 12.4. The Morgan fingerprint density at radius 1 is 1.23 bits per heavy atom. The molecular formula is C19H18N2O5. The number of aromatic carboxylic acids is 1. The molecule has 1 aliphatic rings. The molecule has 7 nitrogen and oxygen atoms in total. The maximum absolute atomic E-state index is 12.7. The zero-order valence-corrected chi connectivity index (χ0v) is 14.4. The zero-order valence-electron chi connectivity index (χ0n) is 14.4. The molecule has 134 valence electrons. The number of benzene rings is 2. The van der Waals surface area contributed by atoms with Crippen molar-refractivity contribution in [3.05, 3.63) is 53.6 Å². The molecule has 2 amide bonds. The van der Waals surface area contributed by atoms with Gasteiger partial charge >= 0.3 is 5.97 Å². The molecule has 1 heterocycles. The molecule has 7 heteroatoms. The molecule has 1 aliphatic heterocycles. The molecule has 0 unspecified atom stereocenters. The fourth-order valence-electron chi connectivity index (χ4n) is 2.86. The average Bonchev–Trinajstić information content (AvgIpc) is 2.90. The van der Waals surface area contributed by atoms with Crippen molar-refractivity contribution in [1.29, 1.82) is 0 Å². The third-order valence-electron chi connectivity index (χ3n) is 4.27. The molecule has 0 aliphatic carbocycles. The summed E-state index contributed by atoms with van der Waals surface area (Å²) in [6.07, 6.45) is -0.00716. The molecule has 26 heavy (non-hydrogen) atoms. The van der Waals surface area contributed by atoms with Crippen LogP contribution < -0.4 is 15.0 Å². The lowest BCUT2D eigenvalue weighted by Crippen LogP contribution is -2.35. The molecule has 3 rings (SSSR count). The Morgan fingerprint density at radius 2 is 2.00 bits per heavy atom. The lowest BCUT2D eigenvalue weighted by atomic mass is 10.1. The number of nitrogens with zero attached hydrogens (tertiary/aromatic N) is 1. The van der Waals surface area contributed by atoms with Gasteiger partial charge in [-0.05, 0) is 36.8 Å². The molecule has 2 N–H and O–H groups in total. The van der Waals surface area contributed by atoms with Crippen molar-refractivity contribution < 1.29 is 24.2 Å². The maximum Gasteiger partial charge on any atom is 0.335 e. The number of carboxylic acid groups (broad SMARTS) is 1. The Balaban J connectivity index is 1.85. The standard InChI is InChI=1S/C19H18N2O5/c1-11-6-7-12(19(24)25)8-15(11)20-16-10-17(22)21(18(16)23)13-4-3-5-14(9-13)26-2/h3-9,16,20H,10H2,1-2H3,(H,24,25)/t16-/m1/s1.